The predicted octanol–water partition coefficient (Wildman–Crippen LogP) is 4.29. The number of halogens is 1. The van der Waals surface area contributed by atoms with Gasteiger partial charge in [0.05, 0.1) is 13.2 Å². The molecule has 2 aliphatic rings. The van der Waals surface area contributed by atoms with Crippen LogP contribution in [0.5, 0.6) is 11.5 Å². The summed E-state index contributed by atoms with van der Waals surface area (Å²) in [5.74, 6) is 1.15. The summed E-state index contributed by atoms with van der Waals surface area (Å²) in [5, 5.41) is 10.1. The number of ether oxygens (including phenoxy) is 2. The van der Waals surface area contributed by atoms with E-state index in [4.69, 9.17) is 9.47 Å². The van der Waals surface area contributed by atoms with Gasteiger partial charge in [-0.2, -0.15) is 0 Å². The van der Waals surface area contributed by atoms with Gasteiger partial charge in [0.25, 0.3) is 0 Å². The minimum atomic E-state index is -0.250. The first-order chi connectivity index (χ1) is 13.6. The Bertz CT molecular complexity index is 781. The summed E-state index contributed by atoms with van der Waals surface area (Å²) in [6.07, 6.45) is 5.18. The Morgan fingerprint density at radius 3 is 2.36 bits per heavy atom. The van der Waals surface area contributed by atoms with Crippen LogP contribution >= 0.6 is 0 Å². The summed E-state index contributed by atoms with van der Waals surface area (Å²) in [5.41, 5.74) is 2.09. The Balaban J connectivity index is 1.47. The van der Waals surface area contributed by atoms with Gasteiger partial charge in [-0.25, -0.2) is 4.39 Å². The molecule has 0 saturated carbocycles. The van der Waals surface area contributed by atoms with Crippen molar-refractivity contribution in [2.24, 2.45) is 0 Å². The maximum Gasteiger partial charge on any atom is 0.161 e. The Kier molecular flexibility index (Phi) is 5.83. The van der Waals surface area contributed by atoms with Crippen LogP contribution in [-0.2, 0) is 13.2 Å². The van der Waals surface area contributed by atoms with Crippen molar-refractivity contribution in [2.75, 3.05) is 7.11 Å². The number of benzene rings is 2. The Hall–Kier alpha value is -2.11. The van der Waals surface area contributed by atoms with Gasteiger partial charge in [0.15, 0.2) is 11.5 Å². The number of piperidine rings is 2. The lowest BCUT2D eigenvalue weighted by Gasteiger charge is -2.47. The van der Waals surface area contributed by atoms with Gasteiger partial charge < -0.3 is 14.6 Å². The van der Waals surface area contributed by atoms with Crippen LogP contribution in [0.3, 0.4) is 0 Å². The van der Waals surface area contributed by atoms with E-state index in [0.29, 0.717) is 30.2 Å². The van der Waals surface area contributed by atoms with Gasteiger partial charge in [-0.3, -0.25) is 4.90 Å². The van der Waals surface area contributed by atoms with Crippen molar-refractivity contribution >= 4 is 0 Å². The topological polar surface area (TPSA) is 41.9 Å². The number of aliphatic hydroxyl groups is 1. The minimum Gasteiger partial charge on any atom is -0.493 e. The lowest BCUT2D eigenvalue weighted by molar-refractivity contribution is -0.0312. The van der Waals surface area contributed by atoms with Gasteiger partial charge in [0, 0.05) is 18.6 Å². The molecule has 150 valence electrons. The molecule has 2 bridgehead atoms. The van der Waals surface area contributed by atoms with Crippen LogP contribution < -0.4 is 9.47 Å². The molecule has 2 aromatic rings. The van der Waals surface area contributed by atoms with Crippen LogP contribution in [0.15, 0.2) is 42.5 Å². The van der Waals surface area contributed by atoms with E-state index in [2.05, 4.69) is 11.0 Å². The second-order valence-electron chi connectivity index (χ2n) is 7.94. The molecule has 2 aliphatic heterocycles. The van der Waals surface area contributed by atoms with Crippen molar-refractivity contribution in [3.63, 3.8) is 0 Å². The van der Waals surface area contributed by atoms with Crippen LogP contribution in [-0.4, -0.2) is 35.3 Å². The zero-order valence-electron chi connectivity index (χ0n) is 16.3. The Morgan fingerprint density at radius 2 is 1.68 bits per heavy atom. The molecule has 1 N–H and O–H groups in total. The maximum atomic E-state index is 13.1. The monoisotopic (exact) mass is 385 g/mol. The molecule has 0 spiro atoms. The summed E-state index contributed by atoms with van der Waals surface area (Å²) < 4.78 is 24.5. The summed E-state index contributed by atoms with van der Waals surface area (Å²) in [7, 11) is 1.64. The van der Waals surface area contributed by atoms with Crippen molar-refractivity contribution in [3.8, 4) is 11.5 Å². The number of methoxy groups -OCH3 is 1. The molecule has 2 saturated heterocycles. The van der Waals surface area contributed by atoms with Crippen LogP contribution in [0.1, 0.15) is 43.2 Å². The molecule has 0 aromatic heterocycles. The van der Waals surface area contributed by atoms with E-state index in [9.17, 15) is 9.50 Å². The largest absolute Gasteiger partial charge is 0.493 e. The molecule has 4 nitrogen and oxygen atoms in total. The van der Waals surface area contributed by atoms with Crippen molar-refractivity contribution in [1.29, 1.82) is 0 Å². The third-order valence-electron chi connectivity index (χ3n) is 6.00. The van der Waals surface area contributed by atoms with Crippen LogP contribution in [0.4, 0.5) is 4.39 Å². The highest BCUT2D eigenvalue weighted by Crippen LogP contribution is 2.36. The van der Waals surface area contributed by atoms with Crippen molar-refractivity contribution in [2.45, 2.75) is 63.4 Å². The fourth-order valence-electron chi connectivity index (χ4n) is 4.59. The molecule has 3 atom stereocenters. The third-order valence-corrected chi connectivity index (χ3v) is 6.00. The van der Waals surface area contributed by atoms with E-state index in [-0.39, 0.29) is 11.9 Å². The highest BCUT2D eigenvalue weighted by molar-refractivity contribution is 5.43. The third kappa shape index (κ3) is 4.31. The zero-order valence-corrected chi connectivity index (χ0v) is 16.3. The first-order valence-corrected chi connectivity index (χ1v) is 10.1. The van der Waals surface area contributed by atoms with E-state index in [1.165, 1.54) is 24.1 Å². The maximum absolute atomic E-state index is 13.1. The first-order valence-electron chi connectivity index (χ1n) is 10.1. The summed E-state index contributed by atoms with van der Waals surface area (Å²) in [6.45, 7) is 1.22. The molecule has 5 heteroatoms. The average Bonchev–Trinajstić information content (AvgIpc) is 2.68. The van der Waals surface area contributed by atoms with E-state index < -0.39 is 0 Å². The lowest BCUT2D eigenvalue weighted by Crippen LogP contribution is -2.52. The molecule has 0 amide bonds. The molecule has 2 heterocycles. The molecule has 0 radical (unpaired) electrons. The quantitative estimate of drug-likeness (QED) is 0.805. The molecule has 28 heavy (non-hydrogen) atoms. The van der Waals surface area contributed by atoms with Crippen molar-refractivity contribution < 1.29 is 19.0 Å². The van der Waals surface area contributed by atoms with Gasteiger partial charge in [-0.05, 0) is 61.1 Å². The Morgan fingerprint density at radius 1 is 1.00 bits per heavy atom. The van der Waals surface area contributed by atoms with Crippen molar-refractivity contribution in [1.82, 2.24) is 4.90 Å². The number of hydrogen-bond donors (Lipinski definition) is 1. The normalized spacial score (nSPS) is 24.8. The second kappa shape index (κ2) is 8.50. The van der Waals surface area contributed by atoms with E-state index in [1.807, 2.05) is 12.1 Å². The molecular weight excluding hydrogens is 357 g/mol. The smallest absolute Gasteiger partial charge is 0.161 e. The number of aliphatic hydroxyl groups excluding tert-OH is 1. The Labute approximate surface area is 165 Å². The number of rotatable bonds is 6. The SMILES string of the molecule is COc1ccc(CN2[C@@H]3CCC[C@H]2CC(O)C3)cc1OCc1ccc(F)cc1. The average molecular weight is 385 g/mol. The molecule has 1 unspecified atom stereocenters. The second-order valence-corrected chi connectivity index (χ2v) is 7.94. The van der Waals surface area contributed by atoms with E-state index in [0.717, 1.165) is 37.8 Å². The zero-order chi connectivity index (χ0) is 19.5. The standard InChI is InChI=1S/C23H28FNO3/c1-27-22-10-7-17(11-23(22)28-15-16-5-8-18(24)9-6-16)14-25-19-3-2-4-20(25)13-21(26)12-19/h5-11,19-21,26H,2-4,12-15H2,1H3/t19-,20+,21?. The summed E-state index contributed by atoms with van der Waals surface area (Å²) in [4.78, 5) is 2.56. The molecule has 0 aliphatic carbocycles. The van der Waals surface area contributed by atoms with E-state index >= 15 is 0 Å². The first kappa shape index (κ1) is 19.2. The van der Waals surface area contributed by atoms with Gasteiger partial charge in [-0.1, -0.05) is 24.6 Å². The van der Waals surface area contributed by atoms with Gasteiger partial charge in [0.1, 0.15) is 12.4 Å². The molecule has 2 aromatic carbocycles. The number of nitrogens with zero attached hydrogens (tertiary/aromatic N) is 1. The van der Waals surface area contributed by atoms with Gasteiger partial charge in [-0.15, -0.1) is 0 Å². The van der Waals surface area contributed by atoms with Gasteiger partial charge >= 0.3 is 0 Å². The lowest BCUT2D eigenvalue weighted by atomic mass is 9.82. The molecule has 2 fully saturated rings. The van der Waals surface area contributed by atoms with Crippen molar-refractivity contribution in [3.05, 3.63) is 59.4 Å². The summed E-state index contributed by atoms with van der Waals surface area (Å²) >= 11 is 0. The fraction of sp³-hybridized carbons (Fsp3) is 0.478. The number of hydrogen-bond acceptors (Lipinski definition) is 4. The van der Waals surface area contributed by atoms with Crippen LogP contribution in [0.2, 0.25) is 0 Å². The molecule has 4 rings (SSSR count). The number of fused-ring (bicyclic) bond motifs is 2. The summed E-state index contributed by atoms with van der Waals surface area (Å²) in [6, 6.07) is 13.3. The van der Waals surface area contributed by atoms with Crippen LogP contribution in [0, 0.1) is 5.82 Å². The highest BCUT2D eigenvalue weighted by Gasteiger charge is 2.37. The van der Waals surface area contributed by atoms with Gasteiger partial charge in [0.2, 0.25) is 0 Å². The fourth-order valence-corrected chi connectivity index (χ4v) is 4.59. The molecular formula is C23H28FNO3. The minimum absolute atomic E-state index is 0.156. The van der Waals surface area contributed by atoms with Crippen LogP contribution in [0.25, 0.3) is 0 Å². The van der Waals surface area contributed by atoms with E-state index in [1.54, 1.807) is 19.2 Å². The predicted molar refractivity (Wildman–Crippen MR) is 106 cm³/mol. The highest BCUT2D eigenvalue weighted by atomic mass is 19.1.